The maximum Gasteiger partial charge on any atom is 0.252 e. The van der Waals surface area contributed by atoms with Crippen LogP contribution in [0.3, 0.4) is 0 Å². The Kier molecular flexibility index (Phi) is 16.5. The number of benzene rings is 15. The third-order valence-corrected chi connectivity index (χ3v) is 25.8. The molecule has 0 radical (unpaired) electrons. The van der Waals surface area contributed by atoms with Crippen molar-refractivity contribution in [3.05, 3.63) is 355 Å². The molecule has 15 aromatic carbocycles. The predicted octanol–water partition coefficient (Wildman–Crippen LogP) is 28.2. The highest BCUT2D eigenvalue weighted by molar-refractivity contribution is 7.00. The summed E-state index contributed by atoms with van der Waals surface area (Å²) < 4.78 is 5.08. The molecule has 5 heteroatoms. The molecule has 0 bridgehead atoms. The third-order valence-electron chi connectivity index (χ3n) is 25.8. The number of fused-ring (bicyclic) bond motifs is 11. The highest BCUT2D eigenvalue weighted by atomic mass is 15.2. The van der Waals surface area contributed by atoms with Gasteiger partial charge in [0.15, 0.2) is 0 Å². The van der Waals surface area contributed by atoms with E-state index < -0.39 is 0 Å². The van der Waals surface area contributed by atoms with Crippen molar-refractivity contribution < 1.29 is 0 Å². The lowest BCUT2D eigenvalue weighted by molar-refractivity contribution is 0.332. The maximum atomic E-state index is 2.69. The number of aromatic nitrogens is 2. The van der Waals surface area contributed by atoms with Gasteiger partial charge < -0.3 is 18.9 Å². The van der Waals surface area contributed by atoms with Gasteiger partial charge in [-0.3, -0.25) is 0 Å². The molecule has 4 heterocycles. The van der Waals surface area contributed by atoms with Gasteiger partial charge in [0.1, 0.15) is 0 Å². The molecule has 2 aromatic heterocycles. The van der Waals surface area contributed by atoms with E-state index in [-0.39, 0.29) is 33.8 Å². The van der Waals surface area contributed by atoms with Crippen LogP contribution in [0.1, 0.15) is 131 Å². The summed E-state index contributed by atoms with van der Waals surface area (Å²) in [5.41, 5.74) is 38.4. The van der Waals surface area contributed by atoms with Crippen molar-refractivity contribution in [1.29, 1.82) is 0 Å². The zero-order chi connectivity index (χ0) is 78.8. The van der Waals surface area contributed by atoms with Gasteiger partial charge in [0.05, 0.1) is 22.1 Å². The Bertz CT molecular complexity index is 6510. The quantitative estimate of drug-likeness (QED) is 0.127. The summed E-state index contributed by atoms with van der Waals surface area (Å²) in [4.78, 5) is 5.33. The summed E-state index contributed by atoms with van der Waals surface area (Å²) in [6.45, 7) is 30.7. The van der Waals surface area contributed by atoms with Gasteiger partial charge in [-0.2, -0.15) is 0 Å². The van der Waals surface area contributed by atoms with Crippen molar-refractivity contribution in [2.24, 2.45) is 0 Å². The van der Waals surface area contributed by atoms with Crippen molar-refractivity contribution in [2.75, 3.05) is 9.80 Å². The summed E-state index contributed by atoms with van der Waals surface area (Å²) >= 11 is 0. The van der Waals surface area contributed by atoms with E-state index in [1.165, 1.54) is 133 Å². The van der Waals surface area contributed by atoms with Crippen LogP contribution in [0.25, 0.3) is 122 Å². The average molecular weight is 1490 g/mol. The molecule has 0 N–H and O–H groups in total. The lowest BCUT2D eigenvalue weighted by atomic mass is 9.33. The van der Waals surface area contributed by atoms with Gasteiger partial charge in [-0.15, -0.1) is 0 Å². The molecule has 0 fully saturated rings. The molecule has 0 spiro atoms. The van der Waals surface area contributed by atoms with Crippen LogP contribution in [0.15, 0.2) is 328 Å². The van der Waals surface area contributed by atoms with Gasteiger partial charge in [-0.1, -0.05) is 308 Å². The first-order chi connectivity index (χ1) is 55.4. The van der Waals surface area contributed by atoms with E-state index in [1.54, 1.807) is 0 Å². The molecule has 2 aliphatic heterocycles. The Labute approximate surface area is 678 Å². The second-order valence-corrected chi connectivity index (χ2v) is 37.3. The molecule has 1 aliphatic carbocycles. The largest absolute Gasteiger partial charge is 0.311 e. The van der Waals surface area contributed by atoms with E-state index in [4.69, 9.17) is 0 Å². The zero-order valence-electron chi connectivity index (χ0n) is 68.5. The number of nitrogens with zero attached hydrogens (tertiary/aromatic N) is 4. The van der Waals surface area contributed by atoms with Crippen LogP contribution in [0.4, 0.5) is 34.1 Å². The smallest absolute Gasteiger partial charge is 0.252 e. The second-order valence-electron chi connectivity index (χ2n) is 37.3. The van der Waals surface area contributed by atoms with Crippen LogP contribution in [-0.2, 0) is 27.1 Å². The number of anilines is 6. The summed E-state index contributed by atoms with van der Waals surface area (Å²) in [5, 5.41) is 4.85. The Morgan fingerprint density at radius 3 is 0.957 bits per heavy atom. The van der Waals surface area contributed by atoms with Gasteiger partial charge in [0, 0.05) is 67.0 Å². The van der Waals surface area contributed by atoms with Crippen LogP contribution >= 0.6 is 0 Å². The molecule has 0 amide bonds. The standard InChI is InChI=1S/C110H97BN4/c1-106(2,3)82-43-34-75(35-44-82)81-63-103-105-104(64-81)115(88-66-83(107(4,5)6)65-84(67-88)108(7,8)9)102-69-87(114-99-54-41-78(72-30-22-16-23-31-72)60-91(99)92-61-79(42-55-100(92)114)73-32-24-17-25-33-73)48-51-96(102)111(105)95-50-47-86(68-101(95)112(103)85-45-36-74(37-46-85)80-38-49-93-94(62-80)110(12,13)57-56-109(93,10)11)113-97-52-39-76(70-26-18-14-19-27-70)58-89(97)90-59-77(40-53-98(90)113)71-28-20-15-21-29-71/h14-55,58-69H,56-57H2,1-13H3. The fourth-order valence-corrected chi connectivity index (χ4v) is 19.2. The molecule has 560 valence electrons. The Balaban J connectivity index is 0.877. The van der Waals surface area contributed by atoms with E-state index >= 15 is 0 Å². The summed E-state index contributed by atoms with van der Waals surface area (Å²) in [6, 6.07) is 126. The molecular formula is C110H97BN4. The van der Waals surface area contributed by atoms with Crippen LogP contribution < -0.4 is 26.2 Å². The fourth-order valence-electron chi connectivity index (χ4n) is 19.2. The molecule has 0 atom stereocenters. The lowest BCUT2D eigenvalue weighted by Crippen LogP contribution is -2.61. The molecule has 0 saturated heterocycles. The Morgan fingerprint density at radius 1 is 0.243 bits per heavy atom. The first-order valence-electron chi connectivity index (χ1n) is 41.3. The molecule has 115 heavy (non-hydrogen) atoms. The fraction of sp³-hybridized carbons (Fsp3) is 0.182. The molecular weight excluding hydrogens is 1390 g/mol. The predicted molar refractivity (Wildman–Crippen MR) is 493 cm³/mol. The molecule has 17 aromatic rings. The Hall–Kier alpha value is -12.4. The van der Waals surface area contributed by atoms with E-state index in [0.29, 0.717) is 0 Å². The SMILES string of the molecule is CC(C)(C)c1ccc(-c2cc3c4c(c2)N(c2cc(C(C)(C)C)cc(C(C)(C)C)c2)c2cc(-n5c6ccc(-c7ccccc7)cc6c6cc(-c7ccccc7)ccc65)ccc2B4c2ccc(-n4c5ccc(-c6ccccc6)cc5c5cc(-c6ccccc6)ccc54)cc2N3c2ccc(-c3ccc4c(c3)C(C)(C)CCC4(C)C)cc2)cc1. The van der Waals surface area contributed by atoms with Crippen LogP contribution in [0.5, 0.6) is 0 Å². The molecule has 20 rings (SSSR count). The summed E-state index contributed by atoms with van der Waals surface area (Å²) in [7, 11) is 0. The number of hydrogen-bond acceptors (Lipinski definition) is 2. The van der Waals surface area contributed by atoms with Crippen LogP contribution in [0.2, 0.25) is 0 Å². The third kappa shape index (κ3) is 12.2. The maximum absolute atomic E-state index is 2.69. The first kappa shape index (κ1) is 71.6. The molecule has 4 nitrogen and oxygen atoms in total. The summed E-state index contributed by atoms with van der Waals surface area (Å²) in [6.07, 6.45) is 2.34. The van der Waals surface area contributed by atoms with Crippen molar-refractivity contribution in [1.82, 2.24) is 9.13 Å². The van der Waals surface area contributed by atoms with Crippen molar-refractivity contribution in [3.63, 3.8) is 0 Å². The lowest BCUT2D eigenvalue weighted by Gasteiger charge is -2.45. The van der Waals surface area contributed by atoms with Gasteiger partial charge in [-0.25, -0.2) is 0 Å². The van der Waals surface area contributed by atoms with Crippen molar-refractivity contribution in [2.45, 2.75) is 130 Å². The van der Waals surface area contributed by atoms with E-state index in [2.05, 4.69) is 437 Å². The van der Waals surface area contributed by atoms with E-state index in [1.807, 2.05) is 0 Å². The van der Waals surface area contributed by atoms with Gasteiger partial charge in [0.2, 0.25) is 0 Å². The van der Waals surface area contributed by atoms with Crippen molar-refractivity contribution in [3.8, 4) is 78.1 Å². The number of rotatable bonds is 10. The zero-order valence-corrected chi connectivity index (χ0v) is 68.5. The number of hydrogen-bond donors (Lipinski definition) is 0. The minimum Gasteiger partial charge on any atom is -0.311 e. The minimum absolute atomic E-state index is 0.0413. The van der Waals surface area contributed by atoms with Crippen molar-refractivity contribution >= 4 is 101 Å². The van der Waals surface area contributed by atoms with Gasteiger partial charge in [0.25, 0.3) is 6.71 Å². The highest BCUT2D eigenvalue weighted by Gasteiger charge is 2.45. The van der Waals surface area contributed by atoms with Crippen LogP contribution in [-0.4, -0.2) is 15.8 Å². The minimum atomic E-state index is -0.210. The average Bonchev–Trinajstić information content (AvgIpc) is 0.981. The normalized spacial score (nSPS) is 14.3. The topological polar surface area (TPSA) is 16.3 Å². The van der Waals surface area contributed by atoms with Crippen LogP contribution in [0, 0.1) is 0 Å². The van der Waals surface area contributed by atoms with Gasteiger partial charge in [-0.05, 0) is 260 Å². The molecule has 0 saturated carbocycles. The first-order valence-corrected chi connectivity index (χ1v) is 41.3. The van der Waals surface area contributed by atoms with Gasteiger partial charge >= 0.3 is 0 Å². The monoisotopic (exact) mass is 1480 g/mol. The molecule has 3 aliphatic rings. The Morgan fingerprint density at radius 2 is 0.565 bits per heavy atom. The summed E-state index contributed by atoms with van der Waals surface area (Å²) in [5.74, 6) is 0. The molecule has 0 unspecified atom stereocenters. The van der Waals surface area contributed by atoms with E-state index in [9.17, 15) is 0 Å². The van der Waals surface area contributed by atoms with E-state index in [0.717, 1.165) is 79.6 Å². The highest BCUT2D eigenvalue weighted by Crippen LogP contribution is 2.52. The second kappa shape index (κ2) is 26.6.